The minimum atomic E-state index is -1.04. The molecule has 1 aromatic carbocycles. The first-order chi connectivity index (χ1) is 8.93. The Morgan fingerprint density at radius 3 is 2.79 bits per heavy atom. The Kier molecular flexibility index (Phi) is 4.97. The van der Waals surface area contributed by atoms with Crippen LogP contribution in [-0.2, 0) is 9.59 Å². The van der Waals surface area contributed by atoms with Crippen LogP contribution in [0.25, 0.3) is 0 Å². The number of carboxylic acid groups (broad SMARTS) is 1. The molecule has 1 unspecified atom stereocenters. The maximum Gasteiger partial charge on any atom is 0.303 e. The van der Waals surface area contributed by atoms with E-state index in [4.69, 9.17) is 16.1 Å². The van der Waals surface area contributed by atoms with E-state index in [0.29, 0.717) is 0 Å². The highest BCUT2D eigenvalue weighted by Crippen LogP contribution is 2.14. The van der Waals surface area contributed by atoms with Crippen molar-refractivity contribution in [1.82, 2.24) is 0 Å². The summed E-state index contributed by atoms with van der Waals surface area (Å²) in [5, 5.41) is 19.5. The molecular formula is C12H12FN3O3. The zero-order valence-electron chi connectivity index (χ0n) is 9.89. The summed E-state index contributed by atoms with van der Waals surface area (Å²) in [5.74, 6) is -2.32. The number of hydrogen-bond acceptors (Lipinski definition) is 4. The number of benzene rings is 1. The SMILES string of the molecule is N#Cc1cc(NC(=O)C(N)CCC(=O)O)ccc1F. The number of nitriles is 1. The number of nitrogens with one attached hydrogen (secondary N) is 1. The van der Waals surface area contributed by atoms with Crippen LogP contribution < -0.4 is 11.1 Å². The summed E-state index contributed by atoms with van der Waals surface area (Å²) < 4.78 is 13.1. The second-order valence-electron chi connectivity index (χ2n) is 3.83. The predicted octanol–water partition coefficient (Wildman–Crippen LogP) is 0.828. The van der Waals surface area contributed by atoms with Gasteiger partial charge in [-0.2, -0.15) is 5.26 Å². The van der Waals surface area contributed by atoms with Crippen molar-refractivity contribution < 1.29 is 19.1 Å². The molecule has 0 fully saturated rings. The van der Waals surface area contributed by atoms with Gasteiger partial charge in [-0.3, -0.25) is 9.59 Å². The molecule has 0 saturated carbocycles. The van der Waals surface area contributed by atoms with Gasteiger partial charge in [-0.25, -0.2) is 4.39 Å². The van der Waals surface area contributed by atoms with Crippen LogP contribution in [0.15, 0.2) is 18.2 Å². The number of halogens is 1. The van der Waals surface area contributed by atoms with Gasteiger partial charge in [0.05, 0.1) is 11.6 Å². The van der Waals surface area contributed by atoms with Crippen LogP contribution in [0.4, 0.5) is 10.1 Å². The molecule has 0 heterocycles. The van der Waals surface area contributed by atoms with E-state index in [9.17, 15) is 14.0 Å². The predicted molar refractivity (Wildman–Crippen MR) is 64.6 cm³/mol. The molecule has 0 radical (unpaired) electrons. The number of anilines is 1. The zero-order valence-corrected chi connectivity index (χ0v) is 9.89. The lowest BCUT2D eigenvalue weighted by Gasteiger charge is -2.11. The second-order valence-corrected chi connectivity index (χ2v) is 3.83. The van der Waals surface area contributed by atoms with Crippen LogP contribution in [0.1, 0.15) is 18.4 Å². The molecule has 1 aromatic rings. The van der Waals surface area contributed by atoms with Crippen LogP contribution in [-0.4, -0.2) is 23.0 Å². The highest BCUT2D eigenvalue weighted by atomic mass is 19.1. The van der Waals surface area contributed by atoms with Crippen LogP contribution in [0, 0.1) is 17.1 Å². The Morgan fingerprint density at radius 1 is 1.53 bits per heavy atom. The van der Waals surface area contributed by atoms with Crippen molar-refractivity contribution >= 4 is 17.6 Å². The zero-order chi connectivity index (χ0) is 14.4. The number of carbonyl (C=O) groups excluding carboxylic acids is 1. The molecule has 0 aromatic heterocycles. The lowest BCUT2D eigenvalue weighted by molar-refractivity contribution is -0.137. The first kappa shape index (κ1) is 14.6. The molecule has 6 nitrogen and oxygen atoms in total. The Balaban J connectivity index is 2.67. The number of nitrogens with zero attached hydrogens (tertiary/aromatic N) is 1. The van der Waals surface area contributed by atoms with Crippen molar-refractivity contribution in [3.05, 3.63) is 29.6 Å². The fourth-order valence-electron chi connectivity index (χ4n) is 1.33. The van der Waals surface area contributed by atoms with E-state index < -0.39 is 23.7 Å². The highest BCUT2D eigenvalue weighted by molar-refractivity contribution is 5.95. The van der Waals surface area contributed by atoms with Gasteiger partial charge in [0.25, 0.3) is 0 Å². The summed E-state index contributed by atoms with van der Waals surface area (Å²) in [6.45, 7) is 0. The van der Waals surface area contributed by atoms with Crippen LogP contribution in [0.3, 0.4) is 0 Å². The molecule has 0 saturated heterocycles. The minimum Gasteiger partial charge on any atom is -0.481 e. The Hall–Kier alpha value is -2.46. The highest BCUT2D eigenvalue weighted by Gasteiger charge is 2.15. The molecule has 0 aliphatic rings. The molecule has 1 amide bonds. The fourth-order valence-corrected chi connectivity index (χ4v) is 1.33. The maximum atomic E-state index is 13.1. The van der Waals surface area contributed by atoms with Crippen molar-refractivity contribution in [3.8, 4) is 6.07 Å². The third kappa shape index (κ3) is 4.37. The smallest absolute Gasteiger partial charge is 0.303 e. The molecule has 0 bridgehead atoms. The van der Waals surface area contributed by atoms with E-state index >= 15 is 0 Å². The van der Waals surface area contributed by atoms with E-state index in [-0.39, 0.29) is 24.1 Å². The standard InChI is InChI=1S/C12H12FN3O3/c13-9-2-1-8(5-7(9)6-14)16-12(19)10(15)3-4-11(17)18/h1-2,5,10H,3-4,15H2,(H,16,19)(H,17,18). The molecule has 4 N–H and O–H groups in total. The molecule has 0 aliphatic carbocycles. The summed E-state index contributed by atoms with van der Waals surface area (Å²) >= 11 is 0. The summed E-state index contributed by atoms with van der Waals surface area (Å²) in [5.41, 5.74) is 5.53. The first-order valence-corrected chi connectivity index (χ1v) is 5.42. The Labute approximate surface area is 108 Å². The van der Waals surface area contributed by atoms with E-state index in [1.165, 1.54) is 12.1 Å². The molecule has 1 atom stereocenters. The summed E-state index contributed by atoms with van der Waals surface area (Å²) in [6, 6.07) is 4.18. The van der Waals surface area contributed by atoms with Gasteiger partial charge in [0.1, 0.15) is 11.9 Å². The van der Waals surface area contributed by atoms with Gasteiger partial charge in [-0.05, 0) is 24.6 Å². The van der Waals surface area contributed by atoms with Gasteiger partial charge >= 0.3 is 5.97 Å². The normalized spacial score (nSPS) is 11.4. The fraction of sp³-hybridized carbons (Fsp3) is 0.250. The van der Waals surface area contributed by atoms with Crippen molar-refractivity contribution in [3.63, 3.8) is 0 Å². The maximum absolute atomic E-state index is 13.1. The molecule has 1 rings (SSSR count). The van der Waals surface area contributed by atoms with Crippen LogP contribution >= 0.6 is 0 Å². The van der Waals surface area contributed by atoms with Gasteiger partial charge < -0.3 is 16.2 Å². The van der Waals surface area contributed by atoms with Gasteiger partial charge in [0.15, 0.2) is 0 Å². The number of nitrogens with two attached hydrogens (primary N) is 1. The van der Waals surface area contributed by atoms with Gasteiger partial charge in [0.2, 0.25) is 5.91 Å². The monoisotopic (exact) mass is 265 g/mol. The molecule has 0 aliphatic heterocycles. The average molecular weight is 265 g/mol. The molecule has 100 valence electrons. The molecule has 7 heteroatoms. The molecule has 0 spiro atoms. The number of carboxylic acids is 1. The van der Waals surface area contributed by atoms with E-state index in [0.717, 1.165) is 6.07 Å². The van der Waals surface area contributed by atoms with Gasteiger partial charge in [0, 0.05) is 12.1 Å². The summed E-state index contributed by atoms with van der Waals surface area (Å²) in [7, 11) is 0. The lowest BCUT2D eigenvalue weighted by atomic mass is 10.1. The van der Waals surface area contributed by atoms with Gasteiger partial charge in [-0.1, -0.05) is 0 Å². The van der Waals surface area contributed by atoms with Crippen molar-refractivity contribution in [2.75, 3.05) is 5.32 Å². The van der Waals surface area contributed by atoms with E-state index in [2.05, 4.69) is 5.32 Å². The number of aliphatic carboxylic acids is 1. The minimum absolute atomic E-state index is 0.00648. The van der Waals surface area contributed by atoms with Crippen LogP contribution in [0.5, 0.6) is 0 Å². The van der Waals surface area contributed by atoms with E-state index in [1.54, 1.807) is 6.07 Å². The molecule has 19 heavy (non-hydrogen) atoms. The molecular weight excluding hydrogens is 253 g/mol. The topological polar surface area (TPSA) is 116 Å². The van der Waals surface area contributed by atoms with Crippen molar-refractivity contribution in [2.45, 2.75) is 18.9 Å². The average Bonchev–Trinajstić information content (AvgIpc) is 2.37. The van der Waals surface area contributed by atoms with Crippen molar-refractivity contribution in [1.29, 1.82) is 5.26 Å². The van der Waals surface area contributed by atoms with Crippen molar-refractivity contribution in [2.24, 2.45) is 5.73 Å². The number of amides is 1. The quantitative estimate of drug-likeness (QED) is 0.729. The first-order valence-electron chi connectivity index (χ1n) is 5.42. The van der Waals surface area contributed by atoms with Crippen LogP contribution in [0.2, 0.25) is 0 Å². The Bertz CT molecular complexity index is 540. The number of rotatable bonds is 5. The number of carbonyl (C=O) groups is 2. The third-order valence-corrected chi connectivity index (χ3v) is 2.36. The summed E-state index contributed by atoms with van der Waals surface area (Å²) in [4.78, 5) is 21.9. The summed E-state index contributed by atoms with van der Waals surface area (Å²) in [6.07, 6.45) is -0.227. The van der Waals surface area contributed by atoms with E-state index in [1.807, 2.05) is 0 Å². The Morgan fingerprint density at radius 2 is 2.21 bits per heavy atom. The third-order valence-electron chi connectivity index (χ3n) is 2.36. The largest absolute Gasteiger partial charge is 0.481 e. The second kappa shape index (κ2) is 6.47. The number of hydrogen-bond donors (Lipinski definition) is 3. The lowest BCUT2D eigenvalue weighted by Crippen LogP contribution is -2.36. The van der Waals surface area contributed by atoms with Gasteiger partial charge in [-0.15, -0.1) is 0 Å².